The second-order valence-corrected chi connectivity index (χ2v) is 15.1. The maximum atomic E-state index is 15.3. The molecule has 3 heterocycles. The molecule has 15 heteroatoms. The Hall–Kier alpha value is -5.54. The molecule has 5 aromatic rings. The van der Waals surface area contributed by atoms with Crippen molar-refractivity contribution in [2.24, 2.45) is 5.92 Å². The number of halogens is 1. The molecule has 0 saturated carbocycles. The minimum absolute atomic E-state index is 0.0192. The minimum atomic E-state index is -4.14. The normalized spacial score (nSPS) is 12.8. The van der Waals surface area contributed by atoms with E-state index < -0.39 is 21.7 Å². The first-order valence-corrected chi connectivity index (χ1v) is 18.2. The topological polar surface area (TPSA) is 151 Å². The molecule has 3 N–H and O–H groups in total. The standard InChI is InChI=1S/C37H41FN8O5S/c1-22(2)20-39-36(48)33-27(38)8-7-9-28(33)40-34-26-15-17-46(52(49,50)25-12-10-23(3)11-13-25)35(26)43-37(42-34)41-29-19-30-24(18-31(29)51-6)14-16-45(30)32(47)21-44(4)5/h7-13,15,17-19,22H,14,16,20-21H2,1-6H3,(H,39,48)(H2,40,41,42,43). The molecule has 0 aliphatic carbocycles. The third kappa shape index (κ3) is 7.27. The highest BCUT2D eigenvalue weighted by molar-refractivity contribution is 7.90. The van der Waals surface area contributed by atoms with E-state index in [-0.39, 0.29) is 51.9 Å². The maximum absolute atomic E-state index is 15.3. The molecule has 6 rings (SSSR count). The quantitative estimate of drug-likeness (QED) is 0.151. The first-order valence-electron chi connectivity index (χ1n) is 16.7. The smallest absolute Gasteiger partial charge is 0.269 e. The highest BCUT2D eigenvalue weighted by atomic mass is 32.2. The molecule has 0 radical (unpaired) electrons. The van der Waals surface area contributed by atoms with E-state index in [1.807, 2.05) is 40.9 Å². The number of carbonyl (C=O) groups is 2. The van der Waals surface area contributed by atoms with Crippen molar-refractivity contribution in [1.29, 1.82) is 0 Å². The summed E-state index contributed by atoms with van der Waals surface area (Å²) in [5.74, 6) is -0.760. The van der Waals surface area contributed by atoms with Crippen molar-refractivity contribution in [2.75, 3.05) is 56.4 Å². The number of nitrogens with zero attached hydrogens (tertiary/aromatic N) is 5. The number of hydrogen-bond donors (Lipinski definition) is 3. The predicted molar refractivity (Wildman–Crippen MR) is 199 cm³/mol. The Labute approximate surface area is 301 Å². The van der Waals surface area contributed by atoms with E-state index in [2.05, 4.69) is 20.9 Å². The summed E-state index contributed by atoms with van der Waals surface area (Å²) in [7, 11) is 1.04. The van der Waals surface area contributed by atoms with Gasteiger partial charge in [0.15, 0.2) is 5.65 Å². The van der Waals surface area contributed by atoms with Crippen LogP contribution in [-0.2, 0) is 21.2 Å². The van der Waals surface area contributed by atoms with Crippen LogP contribution >= 0.6 is 0 Å². The second kappa shape index (κ2) is 14.6. The number of nitrogens with one attached hydrogen (secondary N) is 3. The molecule has 0 bridgehead atoms. The van der Waals surface area contributed by atoms with Gasteiger partial charge in [-0.25, -0.2) is 16.8 Å². The number of benzene rings is 3. The highest BCUT2D eigenvalue weighted by Crippen LogP contribution is 2.39. The van der Waals surface area contributed by atoms with Crippen molar-refractivity contribution in [1.82, 2.24) is 24.2 Å². The van der Waals surface area contributed by atoms with Gasteiger partial charge in [-0.15, -0.1) is 0 Å². The van der Waals surface area contributed by atoms with E-state index >= 15 is 4.39 Å². The van der Waals surface area contributed by atoms with Crippen LogP contribution in [-0.4, -0.2) is 79.9 Å². The van der Waals surface area contributed by atoms with E-state index in [4.69, 9.17) is 9.72 Å². The molecule has 272 valence electrons. The number of rotatable bonds is 12. The molecule has 0 spiro atoms. The average Bonchev–Trinajstić information content (AvgIpc) is 3.72. The van der Waals surface area contributed by atoms with Gasteiger partial charge < -0.3 is 30.5 Å². The van der Waals surface area contributed by atoms with Gasteiger partial charge in [0.05, 0.1) is 40.9 Å². The molecule has 0 unspecified atom stereocenters. The van der Waals surface area contributed by atoms with Crippen molar-refractivity contribution in [2.45, 2.75) is 32.1 Å². The van der Waals surface area contributed by atoms with Crippen LogP contribution in [0.5, 0.6) is 5.75 Å². The number of aryl methyl sites for hydroxylation is 1. The molecule has 1 aliphatic heterocycles. The van der Waals surface area contributed by atoms with Crippen molar-refractivity contribution >= 4 is 61.7 Å². The summed E-state index contributed by atoms with van der Waals surface area (Å²) in [4.78, 5) is 39.2. The van der Waals surface area contributed by atoms with Gasteiger partial charge in [-0.3, -0.25) is 9.59 Å². The van der Waals surface area contributed by atoms with Gasteiger partial charge in [0.25, 0.3) is 15.9 Å². The lowest BCUT2D eigenvalue weighted by Gasteiger charge is -2.21. The van der Waals surface area contributed by atoms with E-state index in [1.54, 1.807) is 28.0 Å². The number of aromatic nitrogens is 3. The summed E-state index contributed by atoms with van der Waals surface area (Å²) in [5.41, 5.74) is 2.87. The Morgan fingerprint density at radius 2 is 1.77 bits per heavy atom. The van der Waals surface area contributed by atoms with Gasteiger partial charge in [-0.1, -0.05) is 37.6 Å². The van der Waals surface area contributed by atoms with Gasteiger partial charge in [-0.2, -0.15) is 9.97 Å². The largest absolute Gasteiger partial charge is 0.495 e. The van der Waals surface area contributed by atoms with Crippen LogP contribution in [0.2, 0.25) is 0 Å². The van der Waals surface area contributed by atoms with Crippen molar-refractivity contribution < 1.29 is 27.1 Å². The lowest BCUT2D eigenvalue weighted by atomic mass is 10.1. The molecule has 0 atom stereocenters. The molecule has 0 saturated heterocycles. The summed E-state index contributed by atoms with van der Waals surface area (Å²) in [5, 5.41) is 9.30. The summed E-state index contributed by atoms with van der Waals surface area (Å²) in [6.07, 6.45) is 2.02. The fraction of sp³-hybridized carbons (Fsp3) is 0.297. The monoisotopic (exact) mass is 728 g/mol. The molecular weight excluding hydrogens is 688 g/mol. The fourth-order valence-corrected chi connectivity index (χ4v) is 7.24. The first kappa shape index (κ1) is 36.3. The number of hydrogen-bond acceptors (Lipinski definition) is 10. The Kier molecular flexibility index (Phi) is 10.2. The molecule has 2 aromatic heterocycles. The summed E-state index contributed by atoms with van der Waals surface area (Å²) in [6.45, 7) is 6.79. The molecule has 1 aliphatic rings. The molecule has 3 aromatic carbocycles. The Balaban J connectivity index is 1.48. The lowest BCUT2D eigenvalue weighted by molar-refractivity contribution is -0.119. The van der Waals surface area contributed by atoms with Crippen LogP contribution in [0.25, 0.3) is 11.0 Å². The van der Waals surface area contributed by atoms with Gasteiger partial charge in [0.2, 0.25) is 11.9 Å². The fourth-order valence-electron chi connectivity index (χ4n) is 5.95. The number of likely N-dealkylation sites (N-methyl/N-ethyl adjacent to an activating group) is 1. The number of methoxy groups -OCH3 is 1. The predicted octanol–water partition coefficient (Wildman–Crippen LogP) is 5.45. The van der Waals surface area contributed by atoms with Crippen LogP contribution in [0.4, 0.5) is 33.2 Å². The molecule has 13 nitrogen and oxygen atoms in total. The summed E-state index contributed by atoms with van der Waals surface area (Å²) >= 11 is 0. The Bertz CT molecular complexity index is 2270. The summed E-state index contributed by atoms with van der Waals surface area (Å²) in [6, 6.07) is 15.8. The van der Waals surface area contributed by atoms with Crippen molar-refractivity contribution in [3.05, 3.63) is 89.4 Å². The molecular formula is C37H41FN8O5S. The van der Waals surface area contributed by atoms with Crippen LogP contribution < -0.4 is 25.6 Å². The number of carbonyl (C=O) groups excluding carboxylic acids is 2. The van der Waals surface area contributed by atoms with Gasteiger partial charge in [0, 0.05) is 25.0 Å². The Morgan fingerprint density at radius 3 is 2.46 bits per heavy atom. The Morgan fingerprint density at radius 1 is 1.02 bits per heavy atom. The SMILES string of the molecule is COc1cc2c(cc1Nc1nc(Nc3cccc(F)c3C(=O)NCC(C)C)c3ccn(S(=O)(=O)c4ccc(C)cc4)c3n1)N(C(=O)CN(C)C)CC2. The van der Waals surface area contributed by atoms with E-state index in [1.165, 1.54) is 49.7 Å². The van der Waals surface area contributed by atoms with Gasteiger partial charge in [0.1, 0.15) is 17.4 Å². The van der Waals surface area contributed by atoms with E-state index in [9.17, 15) is 18.0 Å². The number of fused-ring (bicyclic) bond motifs is 2. The third-order valence-electron chi connectivity index (χ3n) is 8.55. The second-order valence-electron chi connectivity index (χ2n) is 13.3. The van der Waals surface area contributed by atoms with Crippen LogP contribution in [0.3, 0.4) is 0 Å². The number of ether oxygens (including phenoxy) is 1. The zero-order chi connectivity index (χ0) is 37.3. The number of amides is 2. The minimum Gasteiger partial charge on any atom is -0.495 e. The first-order chi connectivity index (χ1) is 24.8. The highest BCUT2D eigenvalue weighted by Gasteiger charge is 2.28. The zero-order valence-corrected chi connectivity index (χ0v) is 30.6. The number of anilines is 5. The maximum Gasteiger partial charge on any atom is 0.269 e. The van der Waals surface area contributed by atoms with Crippen molar-refractivity contribution in [3.63, 3.8) is 0 Å². The zero-order valence-electron chi connectivity index (χ0n) is 29.8. The van der Waals surface area contributed by atoms with Crippen molar-refractivity contribution in [3.8, 4) is 5.75 Å². The third-order valence-corrected chi connectivity index (χ3v) is 10.2. The summed E-state index contributed by atoms with van der Waals surface area (Å²) < 4.78 is 50.0. The molecule has 2 amide bonds. The van der Waals surface area contributed by atoms with Crippen LogP contribution in [0, 0.1) is 18.7 Å². The van der Waals surface area contributed by atoms with Crippen LogP contribution in [0.1, 0.15) is 35.3 Å². The van der Waals surface area contributed by atoms with Crippen LogP contribution in [0.15, 0.2) is 71.8 Å². The molecule has 52 heavy (non-hydrogen) atoms. The van der Waals surface area contributed by atoms with E-state index in [0.29, 0.717) is 42.0 Å². The average molecular weight is 729 g/mol. The lowest BCUT2D eigenvalue weighted by Crippen LogP contribution is -2.36. The molecule has 0 fully saturated rings. The van der Waals surface area contributed by atoms with Gasteiger partial charge in [-0.05, 0) is 81.4 Å². The van der Waals surface area contributed by atoms with Gasteiger partial charge >= 0.3 is 0 Å². The van der Waals surface area contributed by atoms with E-state index in [0.717, 1.165) is 15.1 Å².